The smallest absolute Gasteiger partial charge is 0.450 e. The van der Waals surface area contributed by atoms with Gasteiger partial charge in [-0.2, -0.15) is 13.2 Å². The molecule has 1 heterocycles. The molecule has 180 valence electrons. The predicted molar refractivity (Wildman–Crippen MR) is 124 cm³/mol. The number of ether oxygens (including phenoxy) is 2. The first-order chi connectivity index (χ1) is 16.7. The zero-order chi connectivity index (χ0) is 25.2. The van der Waals surface area contributed by atoms with E-state index in [1.54, 1.807) is 37.3 Å². The molecule has 4 aromatic rings. The first kappa shape index (κ1) is 24.3. The van der Waals surface area contributed by atoms with Gasteiger partial charge in [-0.15, -0.1) is 0 Å². The fourth-order valence-electron chi connectivity index (χ4n) is 3.56. The van der Waals surface area contributed by atoms with Gasteiger partial charge in [-0.3, -0.25) is 4.79 Å². The molecular formula is C26H18ClF3O5. The number of carbonyl (C=O) groups is 1. The number of carbonyl (C=O) groups excluding carboxylic acids is 1. The number of halogens is 4. The van der Waals surface area contributed by atoms with Crippen LogP contribution in [0.25, 0.3) is 22.1 Å². The summed E-state index contributed by atoms with van der Waals surface area (Å²) < 4.78 is 57.7. The maximum absolute atomic E-state index is 13.9. The highest BCUT2D eigenvalue weighted by atomic mass is 35.5. The molecular weight excluding hydrogens is 485 g/mol. The first-order valence-electron chi connectivity index (χ1n) is 10.5. The molecule has 0 saturated carbocycles. The predicted octanol–water partition coefficient (Wildman–Crippen LogP) is 6.82. The van der Waals surface area contributed by atoms with Gasteiger partial charge in [0.2, 0.25) is 17.3 Å². The summed E-state index contributed by atoms with van der Waals surface area (Å²) in [6, 6.07) is 17.7. The summed E-state index contributed by atoms with van der Waals surface area (Å²) in [6.07, 6.45) is -6.12. The van der Waals surface area contributed by atoms with Gasteiger partial charge in [0, 0.05) is 16.7 Å². The second kappa shape index (κ2) is 9.84. The molecule has 0 bridgehead atoms. The quantitative estimate of drug-likeness (QED) is 0.271. The van der Waals surface area contributed by atoms with Crippen LogP contribution in [0.1, 0.15) is 24.4 Å². The zero-order valence-electron chi connectivity index (χ0n) is 18.3. The van der Waals surface area contributed by atoms with Crippen molar-refractivity contribution in [3.8, 4) is 16.9 Å². The van der Waals surface area contributed by atoms with Gasteiger partial charge in [0.15, 0.2) is 0 Å². The molecule has 1 aromatic heterocycles. The maximum atomic E-state index is 13.9. The van der Waals surface area contributed by atoms with Crippen LogP contribution in [0.3, 0.4) is 0 Å². The lowest BCUT2D eigenvalue weighted by Crippen LogP contribution is -2.21. The molecule has 0 radical (unpaired) electrons. The molecule has 0 aliphatic carbocycles. The topological polar surface area (TPSA) is 65.7 Å². The Kier molecular flexibility index (Phi) is 6.84. The van der Waals surface area contributed by atoms with Gasteiger partial charge < -0.3 is 13.9 Å². The molecule has 0 fully saturated rings. The summed E-state index contributed by atoms with van der Waals surface area (Å²) in [7, 11) is 0. The van der Waals surface area contributed by atoms with E-state index in [2.05, 4.69) is 0 Å². The SMILES string of the molecule is CCOC(=O)C(Oc1ccc2c(=O)c(-c3ccc(Cl)cc3)c(C(F)(F)F)oc2c1)c1ccccc1. The molecule has 0 spiro atoms. The molecule has 9 heteroatoms. The third-order valence-electron chi connectivity index (χ3n) is 5.11. The van der Waals surface area contributed by atoms with E-state index >= 15 is 0 Å². The fourth-order valence-corrected chi connectivity index (χ4v) is 3.69. The highest BCUT2D eigenvalue weighted by Gasteiger charge is 2.39. The normalized spacial score (nSPS) is 12.4. The Morgan fingerprint density at radius 2 is 1.71 bits per heavy atom. The highest BCUT2D eigenvalue weighted by Crippen LogP contribution is 2.38. The van der Waals surface area contributed by atoms with Gasteiger partial charge in [0.1, 0.15) is 11.3 Å². The Hall–Kier alpha value is -3.78. The van der Waals surface area contributed by atoms with Crippen LogP contribution in [0.5, 0.6) is 5.75 Å². The molecule has 0 aliphatic rings. The number of benzene rings is 3. The van der Waals surface area contributed by atoms with Gasteiger partial charge in [-0.25, -0.2) is 4.79 Å². The van der Waals surface area contributed by atoms with Crippen LogP contribution in [0.2, 0.25) is 5.02 Å². The van der Waals surface area contributed by atoms with Crippen LogP contribution in [-0.2, 0) is 15.7 Å². The van der Waals surface area contributed by atoms with E-state index in [1.165, 1.54) is 36.4 Å². The van der Waals surface area contributed by atoms with Crippen molar-refractivity contribution in [2.24, 2.45) is 0 Å². The van der Waals surface area contributed by atoms with Crippen LogP contribution < -0.4 is 10.2 Å². The molecule has 1 unspecified atom stereocenters. The molecule has 0 saturated heterocycles. The van der Waals surface area contributed by atoms with Gasteiger partial charge in [-0.05, 0) is 36.8 Å². The first-order valence-corrected chi connectivity index (χ1v) is 10.9. The third kappa shape index (κ3) is 5.17. The minimum atomic E-state index is -4.95. The van der Waals surface area contributed by atoms with E-state index in [4.69, 9.17) is 25.5 Å². The average molecular weight is 503 g/mol. The van der Waals surface area contributed by atoms with Crippen molar-refractivity contribution in [1.82, 2.24) is 0 Å². The van der Waals surface area contributed by atoms with Crippen molar-refractivity contribution in [1.29, 1.82) is 0 Å². The summed E-state index contributed by atoms with van der Waals surface area (Å²) >= 11 is 5.84. The lowest BCUT2D eigenvalue weighted by molar-refractivity contribution is -0.152. The van der Waals surface area contributed by atoms with Gasteiger partial charge in [0.25, 0.3) is 0 Å². The number of esters is 1. The lowest BCUT2D eigenvalue weighted by Gasteiger charge is -2.18. The highest BCUT2D eigenvalue weighted by molar-refractivity contribution is 6.30. The zero-order valence-corrected chi connectivity index (χ0v) is 19.0. The Morgan fingerprint density at radius 1 is 1.03 bits per heavy atom. The Morgan fingerprint density at radius 3 is 2.34 bits per heavy atom. The summed E-state index contributed by atoms with van der Waals surface area (Å²) in [5, 5.41) is 0.228. The number of hydrogen-bond acceptors (Lipinski definition) is 5. The maximum Gasteiger partial charge on any atom is 0.450 e. The largest absolute Gasteiger partial charge is 0.474 e. The van der Waals surface area contributed by atoms with Crippen LogP contribution in [-0.4, -0.2) is 12.6 Å². The van der Waals surface area contributed by atoms with Crippen molar-refractivity contribution in [3.63, 3.8) is 0 Å². The van der Waals surface area contributed by atoms with Crippen molar-refractivity contribution in [2.75, 3.05) is 6.61 Å². The summed E-state index contributed by atoms with van der Waals surface area (Å²) in [5.74, 6) is -2.09. The van der Waals surface area contributed by atoms with Crippen LogP contribution in [0.4, 0.5) is 13.2 Å². The Balaban J connectivity index is 1.83. The second-order valence-electron chi connectivity index (χ2n) is 7.46. The van der Waals surface area contributed by atoms with E-state index in [-0.39, 0.29) is 28.9 Å². The third-order valence-corrected chi connectivity index (χ3v) is 5.36. The molecule has 0 N–H and O–H groups in total. The minimum absolute atomic E-state index is 0.0177. The van der Waals surface area contributed by atoms with E-state index in [0.717, 1.165) is 6.07 Å². The van der Waals surface area contributed by atoms with Crippen LogP contribution in [0, 0.1) is 0 Å². The molecule has 35 heavy (non-hydrogen) atoms. The Labute approximate surface area is 202 Å². The summed E-state index contributed by atoms with van der Waals surface area (Å²) in [4.78, 5) is 25.6. The molecule has 1 atom stereocenters. The Bertz CT molecular complexity index is 1410. The number of rotatable bonds is 6. The van der Waals surface area contributed by atoms with E-state index in [9.17, 15) is 22.8 Å². The molecule has 4 rings (SSSR count). The number of hydrogen-bond donors (Lipinski definition) is 0. The van der Waals surface area contributed by atoms with Crippen LogP contribution >= 0.6 is 11.6 Å². The van der Waals surface area contributed by atoms with Gasteiger partial charge in [0.05, 0.1) is 17.6 Å². The average Bonchev–Trinajstić information content (AvgIpc) is 2.83. The van der Waals surface area contributed by atoms with E-state index in [0.29, 0.717) is 10.6 Å². The van der Waals surface area contributed by atoms with E-state index < -0.39 is 35.0 Å². The van der Waals surface area contributed by atoms with Crippen molar-refractivity contribution in [3.05, 3.63) is 99.4 Å². The monoisotopic (exact) mass is 502 g/mol. The lowest BCUT2D eigenvalue weighted by atomic mass is 10.0. The summed E-state index contributed by atoms with van der Waals surface area (Å²) in [6.45, 7) is 1.75. The fraction of sp³-hybridized carbons (Fsp3) is 0.154. The number of alkyl halides is 3. The standard InChI is InChI=1S/C26H18ClF3O5/c1-2-33-25(32)23(16-6-4-3-5-7-16)34-18-12-13-19-20(14-18)35-24(26(28,29)30)21(22(19)31)15-8-10-17(27)11-9-15/h3-14,23H,2H2,1H3. The van der Waals surface area contributed by atoms with E-state index in [1.807, 2.05) is 0 Å². The van der Waals surface area contributed by atoms with Crippen molar-refractivity contribution >= 4 is 28.5 Å². The summed E-state index contributed by atoms with van der Waals surface area (Å²) in [5.41, 5.74) is -1.32. The van der Waals surface area contributed by atoms with Gasteiger partial charge >= 0.3 is 12.1 Å². The van der Waals surface area contributed by atoms with Crippen molar-refractivity contribution in [2.45, 2.75) is 19.2 Å². The van der Waals surface area contributed by atoms with Crippen LogP contribution in [0.15, 0.2) is 82.0 Å². The number of fused-ring (bicyclic) bond motifs is 1. The molecule has 0 aliphatic heterocycles. The van der Waals surface area contributed by atoms with Crippen molar-refractivity contribution < 1.29 is 31.9 Å². The minimum Gasteiger partial charge on any atom is -0.474 e. The molecule has 0 amide bonds. The van der Waals surface area contributed by atoms with Gasteiger partial charge in [-0.1, -0.05) is 54.1 Å². The molecule has 3 aromatic carbocycles. The second-order valence-corrected chi connectivity index (χ2v) is 7.89. The molecule has 5 nitrogen and oxygen atoms in total.